The lowest BCUT2D eigenvalue weighted by molar-refractivity contribution is -0.122. The van der Waals surface area contributed by atoms with Crippen LogP contribution in [0, 0.1) is 0 Å². The second kappa shape index (κ2) is 12.2. The highest BCUT2D eigenvalue weighted by atomic mass is 32.2. The van der Waals surface area contributed by atoms with Gasteiger partial charge in [0.1, 0.15) is 17.5 Å². The standard InChI is InChI=1S/C28H33N3O5S/c1-22(28(32)29-20-23-7-6-8-24(19-23)21-30-15-17-35-18-16-30)31(37(2,33)34)25-11-13-27(14-12-25)36-26-9-4-3-5-10-26/h3-14,19,22H,15-18,20-21H2,1-2H3,(H,29,32)/t22-/m0/s1. The van der Waals surface area contributed by atoms with Crippen molar-refractivity contribution in [3.05, 3.63) is 90.0 Å². The predicted octanol–water partition coefficient (Wildman–Crippen LogP) is 3.78. The monoisotopic (exact) mass is 523 g/mol. The topological polar surface area (TPSA) is 88.2 Å². The molecule has 1 heterocycles. The van der Waals surface area contributed by atoms with Crippen LogP contribution in [0.15, 0.2) is 78.9 Å². The molecule has 1 fully saturated rings. The second-order valence-corrected chi connectivity index (χ2v) is 10.9. The lowest BCUT2D eigenvalue weighted by Gasteiger charge is -2.28. The minimum Gasteiger partial charge on any atom is -0.457 e. The van der Waals surface area contributed by atoms with Crippen molar-refractivity contribution in [2.24, 2.45) is 0 Å². The molecule has 3 aromatic rings. The van der Waals surface area contributed by atoms with Gasteiger partial charge in [-0.25, -0.2) is 8.42 Å². The van der Waals surface area contributed by atoms with Crippen molar-refractivity contribution >= 4 is 21.6 Å². The van der Waals surface area contributed by atoms with Crippen LogP contribution in [0.3, 0.4) is 0 Å². The molecule has 9 heteroatoms. The van der Waals surface area contributed by atoms with Gasteiger partial charge < -0.3 is 14.8 Å². The molecule has 37 heavy (non-hydrogen) atoms. The smallest absolute Gasteiger partial charge is 0.243 e. The number of nitrogens with zero attached hydrogens (tertiary/aromatic N) is 2. The third-order valence-corrected chi connectivity index (χ3v) is 7.37. The van der Waals surface area contributed by atoms with E-state index >= 15 is 0 Å². The Morgan fingerprint density at radius 1 is 0.973 bits per heavy atom. The predicted molar refractivity (Wildman–Crippen MR) is 144 cm³/mol. The van der Waals surface area contributed by atoms with Crippen LogP contribution >= 0.6 is 0 Å². The molecule has 0 aliphatic carbocycles. The van der Waals surface area contributed by atoms with Crippen LogP contribution in [0.1, 0.15) is 18.1 Å². The van der Waals surface area contributed by atoms with E-state index < -0.39 is 16.1 Å². The molecule has 0 bridgehead atoms. The Hall–Kier alpha value is -3.40. The number of para-hydroxylation sites is 1. The van der Waals surface area contributed by atoms with E-state index in [9.17, 15) is 13.2 Å². The number of amides is 1. The van der Waals surface area contributed by atoms with E-state index in [0.29, 0.717) is 23.7 Å². The fourth-order valence-electron chi connectivity index (χ4n) is 4.29. The van der Waals surface area contributed by atoms with Crippen LogP contribution in [0.2, 0.25) is 0 Å². The quantitative estimate of drug-likeness (QED) is 0.435. The Morgan fingerprint density at radius 2 is 1.62 bits per heavy atom. The third kappa shape index (κ3) is 7.55. The zero-order chi connectivity index (χ0) is 26.3. The maximum Gasteiger partial charge on any atom is 0.243 e. The van der Waals surface area contributed by atoms with Crippen molar-refractivity contribution in [3.8, 4) is 11.5 Å². The molecule has 0 saturated carbocycles. The number of benzene rings is 3. The van der Waals surface area contributed by atoms with E-state index in [4.69, 9.17) is 9.47 Å². The summed E-state index contributed by atoms with van der Waals surface area (Å²) in [5, 5.41) is 2.89. The SMILES string of the molecule is C[C@@H](C(=O)NCc1cccc(CN2CCOCC2)c1)N(c1ccc(Oc2ccccc2)cc1)S(C)(=O)=O. The van der Waals surface area contributed by atoms with Crippen LogP contribution in [-0.4, -0.2) is 57.8 Å². The van der Waals surface area contributed by atoms with Crippen molar-refractivity contribution < 1.29 is 22.7 Å². The molecule has 1 atom stereocenters. The summed E-state index contributed by atoms with van der Waals surface area (Å²) in [6.45, 7) is 6.01. The number of anilines is 1. The summed E-state index contributed by atoms with van der Waals surface area (Å²) in [7, 11) is -3.72. The minimum atomic E-state index is -3.72. The molecule has 4 rings (SSSR count). The van der Waals surface area contributed by atoms with E-state index in [1.807, 2.05) is 42.5 Å². The first-order chi connectivity index (χ1) is 17.8. The molecule has 0 aromatic heterocycles. The van der Waals surface area contributed by atoms with Gasteiger partial charge in [-0.3, -0.25) is 14.0 Å². The molecule has 1 aliphatic heterocycles. The molecule has 1 aliphatic rings. The maximum atomic E-state index is 13.0. The van der Waals surface area contributed by atoms with Crippen LogP contribution in [-0.2, 0) is 32.6 Å². The molecule has 1 saturated heterocycles. The number of nitrogens with one attached hydrogen (secondary N) is 1. The number of rotatable bonds is 10. The average molecular weight is 524 g/mol. The van der Waals surface area contributed by atoms with Crippen molar-refractivity contribution in [1.29, 1.82) is 0 Å². The van der Waals surface area contributed by atoms with E-state index in [1.54, 1.807) is 31.2 Å². The van der Waals surface area contributed by atoms with Crippen molar-refractivity contribution in [2.75, 3.05) is 36.9 Å². The summed E-state index contributed by atoms with van der Waals surface area (Å²) in [5.74, 6) is 0.864. The van der Waals surface area contributed by atoms with Gasteiger partial charge in [0.15, 0.2) is 0 Å². The average Bonchev–Trinajstić information content (AvgIpc) is 2.89. The van der Waals surface area contributed by atoms with Gasteiger partial charge in [-0.15, -0.1) is 0 Å². The second-order valence-electron chi connectivity index (χ2n) is 9.07. The largest absolute Gasteiger partial charge is 0.457 e. The first kappa shape index (κ1) is 26.7. The molecule has 8 nitrogen and oxygen atoms in total. The first-order valence-corrected chi connectivity index (χ1v) is 14.1. The maximum absolute atomic E-state index is 13.0. The van der Waals surface area contributed by atoms with E-state index in [2.05, 4.69) is 22.3 Å². The van der Waals surface area contributed by atoms with E-state index in [0.717, 1.165) is 54.5 Å². The number of hydrogen-bond acceptors (Lipinski definition) is 6. The van der Waals surface area contributed by atoms with Gasteiger partial charge in [0.2, 0.25) is 15.9 Å². The number of hydrogen-bond donors (Lipinski definition) is 1. The van der Waals surface area contributed by atoms with E-state index in [-0.39, 0.29) is 5.91 Å². The summed E-state index contributed by atoms with van der Waals surface area (Å²) in [6.07, 6.45) is 1.10. The molecule has 0 radical (unpaired) electrons. The van der Waals surface area contributed by atoms with Crippen molar-refractivity contribution in [2.45, 2.75) is 26.1 Å². The molecular weight excluding hydrogens is 490 g/mol. The highest BCUT2D eigenvalue weighted by molar-refractivity contribution is 7.92. The highest BCUT2D eigenvalue weighted by Gasteiger charge is 2.29. The van der Waals surface area contributed by atoms with Gasteiger partial charge in [-0.05, 0) is 54.4 Å². The number of sulfonamides is 1. The van der Waals surface area contributed by atoms with Gasteiger partial charge >= 0.3 is 0 Å². The van der Waals surface area contributed by atoms with Gasteiger partial charge in [-0.1, -0.05) is 42.5 Å². The fourth-order valence-corrected chi connectivity index (χ4v) is 5.46. The zero-order valence-electron chi connectivity index (χ0n) is 21.2. The fraction of sp³-hybridized carbons (Fsp3) is 0.321. The highest BCUT2D eigenvalue weighted by Crippen LogP contribution is 2.27. The van der Waals surface area contributed by atoms with Crippen LogP contribution in [0.4, 0.5) is 5.69 Å². The lowest BCUT2D eigenvalue weighted by Crippen LogP contribution is -2.47. The molecular formula is C28H33N3O5S. The molecule has 0 unspecified atom stereocenters. The number of carbonyl (C=O) groups is 1. The van der Waals surface area contributed by atoms with Gasteiger partial charge in [0, 0.05) is 26.2 Å². The van der Waals surface area contributed by atoms with Crippen LogP contribution in [0.25, 0.3) is 0 Å². The number of ether oxygens (including phenoxy) is 2. The summed E-state index contributed by atoms with van der Waals surface area (Å²) in [6, 6.07) is 23.1. The van der Waals surface area contributed by atoms with E-state index in [1.165, 1.54) is 0 Å². The summed E-state index contributed by atoms with van der Waals surface area (Å²) in [4.78, 5) is 15.4. The Balaban J connectivity index is 1.40. The number of morpholine rings is 1. The first-order valence-electron chi connectivity index (χ1n) is 12.3. The number of carbonyl (C=O) groups excluding carboxylic acids is 1. The summed E-state index contributed by atoms with van der Waals surface area (Å²) >= 11 is 0. The molecule has 3 aromatic carbocycles. The van der Waals surface area contributed by atoms with Crippen molar-refractivity contribution in [3.63, 3.8) is 0 Å². The lowest BCUT2D eigenvalue weighted by atomic mass is 10.1. The van der Waals surface area contributed by atoms with Crippen LogP contribution in [0.5, 0.6) is 11.5 Å². The molecule has 1 N–H and O–H groups in total. The normalized spacial score (nSPS) is 15.1. The van der Waals surface area contributed by atoms with Gasteiger partial charge in [-0.2, -0.15) is 0 Å². The summed E-state index contributed by atoms with van der Waals surface area (Å²) in [5.41, 5.74) is 2.51. The summed E-state index contributed by atoms with van der Waals surface area (Å²) < 4.78 is 37.7. The van der Waals surface area contributed by atoms with Gasteiger partial charge in [0.25, 0.3) is 0 Å². The molecule has 1 amide bonds. The Morgan fingerprint density at radius 3 is 2.30 bits per heavy atom. The Labute approximate surface area is 218 Å². The Kier molecular flexibility index (Phi) is 8.81. The minimum absolute atomic E-state index is 0.307. The third-order valence-electron chi connectivity index (χ3n) is 6.13. The molecule has 0 spiro atoms. The molecule has 196 valence electrons. The zero-order valence-corrected chi connectivity index (χ0v) is 22.0. The Bertz CT molecular complexity index is 1280. The van der Waals surface area contributed by atoms with Gasteiger partial charge in [0.05, 0.1) is 25.2 Å². The van der Waals surface area contributed by atoms with Crippen LogP contribution < -0.4 is 14.4 Å². The van der Waals surface area contributed by atoms with Crippen molar-refractivity contribution in [1.82, 2.24) is 10.2 Å².